The van der Waals surface area contributed by atoms with E-state index in [2.05, 4.69) is 0 Å². The highest BCUT2D eigenvalue weighted by atomic mass is 32.2. The average molecular weight is 192 g/mol. The van der Waals surface area contributed by atoms with Gasteiger partial charge < -0.3 is 9.51 Å². The first-order valence-electron chi connectivity index (χ1n) is 4.03. The molecule has 66 valence electrons. The summed E-state index contributed by atoms with van der Waals surface area (Å²) in [5.74, 6) is 1.04. The Morgan fingerprint density at radius 2 is 2.38 bits per heavy atom. The summed E-state index contributed by atoms with van der Waals surface area (Å²) in [6.45, 7) is 0. The predicted octanol–water partition coefficient (Wildman–Crippen LogP) is 0.897. The molecule has 0 aromatic carbocycles. The van der Waals surface area contributed by atoms with Gasteiger partial charge in [-0.1, -0.05) is 10.7 Å². The molecular weight excluding hydrogens is 184 g/mol. The Bertz CT molecular complexity index is 570. The lowest BCUT2D eigenvalue weighted by Crippen LogP contribution is -2.06. The molecule has 3 rings (SSSR count). The van der Waals surface area contributed by atoms with E-state index in [1.165, 1.54) is 0 Å². The SMILES string of the molecule is N=S1CC=c2c1c(O)c1cccn21. The normalized spacial score (nSPS) is 20.5. The maximum absolute atomic E-state index is 9.82. The zero-order valence-electron chi connectivity index (χ0n) is 6.82. The lowest BCUT2D eigenvalue weighted by atomic mass is 10.4. The van der Waals surface area contributed by atoms with E-state index in [0.29, 0.717) is 5.75 Å². The van der Waals surface area contributed by atoms with Crippen LogP contribution in [0, 0.1) is 4.78 Å². The largest absolute Gasteiger partial charge is 0.505 e. The molecule has 0 saturated carbocycles. The van der Waals surface area contributed by atoms with E-state index < -0.39 is 10.7 Å². The minimum Gasteiger partial charge on any atom is -0.505 e. The second-order valence-corrected chi connectivity index (χ2v) is 4.61. The van der Waals surface area contributed by atoms with Crippen LogP contribution in [0.25, 0.3) is 11.6 Å². The Morgan fingerprint density at radius 1 is 1.54 bits per heavy atom. The fourth-order valence-corrected chi connectivity index (χ4v) is 3.07. The third-order valence-electron chi connectivity index (χ3n) is 2.39. The Hall–Kier alpha value is -1.29. The maximum atomic E-state index is 9.82. The molecule has 0 fully saturated rings. The Labute approximate surface area is 77.2 Å². The molecule has 2 N–H and O–H groups in total. The van der Waals surface area contributed by atoms with Crippen molar-refractivity contribution in [1.29, 1.82) is 4.78 Å². The van der Waals surface area contributed by atoms with Gasteiger partial charge in [0.2, 0.25) is 0 Å². The molecule has 2 aromatic heterocycles. The highest BCUT2D eigenvalue weighted by Crippen LogP contribution is 2.27. The van der Waals surface area contributed by atoms with Crippen LogP contribution in [0.1, 0.15) is 0 Å². The third kappa shape index (κ3) is 0.715. The van der Waals surface area contributed by atoms with Gasteiger partial charge in [0.25, 0.3) is 0 Å². The van der Waals surface area contributed by atoms with Crippen LogP contribution in [-0.4, -0.2) is 15.3 Å². The molecule has 0 saturated heterocycles. The number of aromatic nitrogens is 1. The molecule has 2 aromatic rings. The second kappa shape index (κ2) is 2.14. The Balaban J connectivity index is 2.64. The summed E-state index contributed by atoms with van der Waals surface area (Å²) >= 11 is 0. The fraction of sp³-hybridized carbons (Fsp3) is 0.111. The van der Waals surface area contributed by atoms with Crippen LogP contribution in [0.4, 0.5) is 0 Å². The number of nitrogens with one attached hydrogen (secondary N) is 1. The molecule has 1 aliphatic heterocycles. The number of aromatic hydroxyl groups is 1. The van der Waals surface area contributed by atoms with E-state index in [4.69, 9.17) is 4.78 Å². The van der Waals surface area contributed by atoms with Gasteiger partial charge in [-0.3, -0.25) is 4.78 Å². The van der Waals surface area contributed by atoms with Gasteiger partial charge in [0.05, 0.1) is 15.8 Å². The molecule has 0 bridgehead atoms. The molecule has 0 aliphatic carbocycles. The number of rotatable bonds is 0. The van der Waals surface area contributed by atoms with Crippen molar-refractivity contribution in [1.82, 2.24) is 4.40 Å². The Kier molecular flexibility index (Phi) is 1.18. The minimum absolute atomic E-state index is 0.298. The van der Waals surface area contributed by atoms with Crippen LogP contribution in [0.5, 0.6) is 5.75 Å². The van der Waals surface area contributed by atoms with Crippen molar-refractivity contribution in [3.8, 4) is 5.75 Å². The lowest BCUT2D eigenvalue weighted by molar-refractivity contribution is 0.470. The van der Waals surface area contributed by atoms with Crippen molar-refractivity contribution in [2.45, 2.75) is 4.90 Å². The van der Waals surface area contributed by atoms with E-state index in [9.17, 15) is 5.11 Å². The van der Waals surface area contributed by atoms with Gasteiger partial charge in [0.1, 0.15) is 0 Å². The van der Waals surface area contributed by atoms with Crippen LogP contribution in [-0.2, 0) is 10.7 Å². The van der Waals surface area contributed by atoms with Crippen molar-refractivity contribution in [2.75, 3.05) is 5.75 Å². The highest BCUT2D eigenvalue weighted by Gasteiger charge is 2.19. The van der Waals surface area contributed by atoms with Crippen LogP contribution < -0.4 is 5.35 Å². The molecule has 1 aliphatic rings. The first-order valence-corrected chi connectivity index (χ1v) is 5.42. The monoisotopic (exact) mass is 192 g/mol. The lowest BCUT2D eigenvalue weighted by Gasteiger charge is -1.93. The summed E-state index contributed by atoms with van der Waals surface area (Å²) in [5, 5.41) is 10.8. The second-order valence-electron chi connectivity index (χ2n) is 3.09. The first kappa shape index (κ1) is 7.15. The Morgan fingerprint density at radius 3 is 3.23 bits per heavy atom. The number of hydrogen-bond donors (Lipinski definition) is 2. The highest BCUT2D eigenvalue weighted by molar-refractivity contribution is 7.86. The molecule has 4 heteroatoms. The number of nitrogens with zero attached hydrogens (tertiary/aromatic N) is 1. The zero-order chi connectivity index (χ0) is 9.00. The van der Waals surface area contributed by atoms with Crippen molar-refractivity contribution in [2.24, 2.45) is 0 Å². The van der Waals surface area contributed by atoms with Crippen LogP contribution in [0.3, 0.4) is 0 Å². The standard InChI is InChI=1S/C9H8N2OS/c10-13-5-3-7-9(13)8(12)6-2-1-4-11(6)7/h1-4,10,12H,5H2. The van der Waals surface area contributed by atoms with E-state index in [-0.39, 0.29) is 0 Å². The van der Waals surface area contributed by atoms with E-state index in [1.54, 1.807) is 0 Å². The topological polar surface area (TPSA) is 48.5 Å². The minimum atomic E-state index is -0.547. The molecule has 0 spiro atoms. The number of fused-ring (bicyclic) bond motifs is 3. The molecule has 1 atom stereocenters. The number of hydrogen-bond acceptors (Lipinski definition) is 2. The molecular formula is C9H8N2OS. The van der Waals surface area contributed by atoms with Gasteiger partial charge >= 0.3 is 0 Å². The van der Waals surface area contributed by atoms with E-state index >= 15 is 0 Å². The van der Waals surface area contributed by atoms with E-state index in [0.717, 1.165) is 21.5 Å². The molecule has 1 unspecified atom stereocenters. The molecule has 3 heterocycles. The average Bonchev–Trinajstić information content (AvgIpc) is 2.71. The summed E-state index contributed by atoms with van der Waals surface area (Å²) in [5.41, 5.74) is 0.825. The van der Waals surface area contributed by atoms with Crippen molar-refractivity contribution in [3.05, 3.63) is 23.7 Å². The van der Waals surface area contributed by atoms with Gasteiger partial charge in [0, 0.05) is 11.9 Å². The van der Waals surface area contributed by atoms with Crippen molar-refractivity contribution < 1.29 is 5.11 Å². The molecule has 3 nitrogen and oxygen atoms in total. The van der Waals surface area contributed by atoms with Gasteiger partial charge in [0.15, 0.2) is 5.75 Å². The summed E-state index contributed by atoms with van der Waals surface area (Å²) < 4.78 is 9.70. The van der Waals surface area contributed by atoms with Gasteiger partial charge in [-0.15, -0.1) is 0 Å². The predicted molar refractivity (Wildman–Crippen MR) is 52.0 cm³/mol. The molecule has 0 amide bonds. The van der Waals surface area contributed by atoms with Crippen LogP contribution >= 0.6 is 0 Å². The van der Waals surface area contributed by atoms with Crippen LogP contribution in [0.2, 0.25) is 0 Å². The smallest absolute Gasteiger partial charge is 0.156 e. The molecule has 13 heavy (non-hydrogen) atoms. The summed E-state index contributed by atoms with van der Waals surface area (Å²) in [6, 6.07) is 3.78. The van der Waals surface area contributed by atoms with Gasteiger partial charge in [-0.05, 0) is 18.2 Å². The first-order chi connectivity index (χ1) is 6.29. The fourth-order valence-electron chi connectivity index (χ4n) is 1.81. The van der Waals surface area contributed by atoms with E-state index in [1.807, 2.05) is 28.8 Å². The third-order valence-corrected chi connectivity index (χ3v) is 3.78. The van der Waals surface area contributed by atoms with Crippen molar-refractivity contribution in [3.63, 3.8) is 0 Å². The summed E-state index contributed by atoms with van der Waals surface area (Å²) in [4.78, 5) is 0.815. The van der Waals surface area contributed by atoms with Crippen LogP contribution in [0.15, 0.2) is 23.2 Å². The van der Waals surface area contributed by atoms with Gasteiger partial charge in [-0.25, -0.2) is 0 Å². The quantitative estimate of drug-likeness (QED) is 0.640. The van der Waals surface area contributed by atoms with Crippen molar-refractivity contribution >= 4 is 22.3 Å². The maximum Gasteiger partial charge on any atom is 0.156 e. The van der Waals surface area contributed by atoms with Gasteiger partial charge in [-0.2, -0.15) is 0 Å². The molecule has 0 radical (unpaired) electrons. The summed E-state index contributed by atoms with van der Waals surface area (Å²) in [6.07, 6.45) is 3.95. The summed E-state index contributed by atoms with van der Waals surface area (Å²) in [7, 11) is -0.547. The zero-order valence-corrected chi connectivity index (χ0v) is 7.64.